The molecule has 0 spiro atoms. The highest BCUT2D eigenvalue weighted by molar-refractivity contribution is 5.96. The fourth-order valence-corrected chi connectivity index (χ4v) is 1.58. The van der Waals surface area contributed by atoms with Gasteiger partial charge in [0, 0.05) is 5.56 Å². The van der Waals surface area contributed by atoms with Gasteiger partial charge in [0.05, 0.1) is 31.3 Å². The van der Waals surface area contributed by atoms with E-state index in [1.807, 2.05) is 6.07 Å². The minimum absolute atomic E-state index is 0.251. The highest BCUT2D eigenvalue weighted by Gasteiger charge is 2.36. The first-order valence-corrected chi connectivity index (χ1v) is 5.17. The molecule has 1 aromatic rings. The van der Waals surface area contributed by atoms with E-state index in [4.69, 9.17) is 14.7 Å². The van der Waals surface area contributed by atoms with Gasteiger partial charge in [-0.25, -0.2) is 0 Å². The first-order chi connectivity index (χ1) is 8.13. The summed E-state index contributed by atoms with van der Waals surface area (Å²) in [4.78, 5) is 11.8. The van der Waals surface area contributed by atoms with Crippen molar-refractivity contribution < 1.29 is 19.4 Å². The summed E-state index contributed by atoms with van der Waals surface area (Å²) in [5.41, 5.74) is 0.894. The van der Waals surface area contributed by atoms with E-state index in [0.717, 1.165) is 0 Å². The number of carbonyl (C=O) groups excluding carboxylic acids is 1. The SMILES string of the molecule is N#Cc1ccc(C(=O)CC2(O)OCCO2)cc1. The fraction of sp³-hybridized carbons (Fsp3) is 0.333. The Morgan fingerprint density at radius 2 is 1.94 bits per heavy atom. The lowest BCUT2D eigenvalue weighted by Gasteiger charge is -2.18. The summed E-state index contributed by atoms with van der Waals surface area (Å²) >= 11 is 0. The number of hydrogen-bond donors (Lipinski definition) is 1. The quantitative estimate of drug-likeness (QED) is 0.782. The number of carbonyl (C=O) groups is 1. The molecule has 5 nitrogen and oxygen atoms in total. The van der Waals surface area contributed by atoms with Gasteiger partial charge in [-0.05, 0) is 12.1 Å². The molecule has 0 unspecified atom stereocenters. The van der Waals surface area contributed by atoms with Crippen LogP contribution in [-0.2, 0) is 9.47 Å². The van der Waals surface area contributed by atoms with E-state index >= 15 is 0 Å². The average Bonchev–Trinajstić information content (AvgIpc) is 2.76. The van der Waals surface area contributed by atoms with E-state index in [0.29, 0.717) is 11.1 Å². The number of rotatable bonds is 3. The van der Waals surface area contributed by atoms with E-state index < -0.39 is 5.97 Å². The van der Waals surface area contributed by atoms with Crippen LogP contribution in [0.4, 0.5) is 0 Å². The number of nitrogens with zero attached hydrogens (tertiary/aromatic N) is 1. The molecule has 17 heavy (non-hydrogen) atoms. The van der Waals surface area contributed by atoms with Crippen LogP contribution in [-0.4, -0.2) is 30.1 Å². The molecule has 1 aromatic carbocycles. The summed E-state index contributed by atoms with van der Waals surface area (Å²) in [6.45, 7) is 0.550. The van der Waals surface area contributed by atoms with Gasteiger partial charge in [0.1, 0.15) is 0 Å². The molecule has 0 saturated carbocycles. The van der Waals surface area contributed by atoms with Gasteiger partial charge in [-0.3, -0.25) is 4.79 Å². The van der Waals surface area contributed by atoms with Crippen molar-refractivity contribution in [1.82, 2.24) is 0 Å². The van der Waals surface area contributed by atoms with Crippen molar-refractivity contribution in [3.8, 4) is 6.07 Å². The van der Waals surface area contributed by atoms with Gasteiger partial charge >= 0.3 is 0 Å². The molecule has 0 bridgehead atoms. The van der Waals surface area contributed by atoms with Crippen molar-refractivity contribution >= 4 is 5.78 Å². The lowest BCUT2D eigenvalue weighted by molar-refractivity contribution is -0.300. The molecule has 0 aliphatic carbocycles. The number of aliphatic hydroxyl groups is 1. The molecule has 1 N–H and O–H groups in total. The third-order valence-corrected chi connectivity index (χ3v) is 2.46. The Bertz CT molecular complexity index is 454. The van der Waals surface area contributed by atoms with Gasteiger partial charge in [-0.1, -0.05) is 12.1 Å². The molecule has 1 heterocycles. The zero-order chi connectivity index (χ0) is 12.3. The lowest BCUT2D eigenvalue weighted by Crippen LogP contribution is -2.32. The summed E-state index contributed by atoms with van der Waals surface area (Å²) in [6, 6.07) is 8.14. The Balaban J connectivity index is 2.07. The second-order valence-electron chi connectivity index (χ2n) is 3.70. The molecule has 0 amide bonds. The predicted molar refractivity (Wildman–Crippen MR) is 57.0 cm³/mol. The summed E-state index contributed by atoms with van der Waals surface area (Å²) in [5.74, 6) is -2.09. The highest BCUT2D eigenvalue weighted by Crippen LogP contribution is 2.22. The van der Waals surface area contributed by atoms with E-state index in [2.05, 4.69) is 0 Å². The minimum atomic E-state index is -1.80. The van der Waals surface area contributed by atoms with Gasteiger partial charge in [0.25, 0.3) is 5.97 Å². The molecule has 1 aliphatic rings. The van der Waals surface area contributed by atoms with Crippen molar-refractivity contribution in [1.29, 1.82) is 5.26 Å². The van der Waals surface area contributed by atoms with E-state index in [-0.39, 0.29) is 25.4 Å². The number of nitriles is 1. The van der Waals surface area contributed by atoms with Gasteiger partial charge in [0.2, 0.25) is 0 Å². The predicted octanol–water partition coefficient (Wildman–Crippen LogP) is 0.824. The number of benzene rings is 1. The van der Waals surface area contributed by atoms with Crippen molar-refractivity contribution in [2.45, 2.75) is 12.4 Å². The van der Waals surface area contributed by atoms with Crippen molar-refractivity contribution in [2.24, 2.45) is 0 Å². The first-order valence-electron chi connectivity index (χ1n) is 5.17. The molecule has 1 saturated heterocycles. The van der Waals surface area contributed by atoms with Crippen LogP contribution in [0.2, 0.25) is 0 Å². The molecule has 2 rings (SSSR count). The van der Waals surface area contributed by atoms with Crippen LogP contribution < -0.4 is 0 Å². The fourth-order valence-electron chi connectivity index (χ4n) is 1.58. The second-order valence-corrected chi connectivity index (χ2v) is 3.70. The van der Waals surface area contributed by atoms with Crippen LogP contribution in [0.25, 0.3) is 0 Å². The van der Waals surface area contributed by atoms with Gasteiger partial charge in [0.15, 0.2) is 5.78 Å². The Kier molecular flexibility index (Phi) is 3.20. The maximum Gasteiger partial charge on any atom is 0.288 e. The normalized spacial score (nSPS) is 17.6. The molecule has 1 fully saturated rings. The van der Waals surface area contributed by atoms with Crippen LogP contribution in [0.3, 0.4) is 0 Å². The molecular weight excluding hydrogens is 222 g/mol. The van der Waals surface area contributed by atoms with Crippen LogP contribution >= 0.6 is 0 Å². The highest BCUT2D eigenvalue weighted by atomic mass is 16.8. The minimum Gasteiger partial charge on any atom is -0.343 e. The maximum absolute atomic E-state index is 11.8. The van der Waals surface area contributed by atoms with Crippen LogP contribution in [0.15, 0.2) is 24.3 Å². The van der Waals surface area contributed by atoms with Gasteiger partial charge in [-0.2, -0.15) is 5.26 Å². The lowest BCUT2D eigenvalue weighted by atomic mass is 10.1. The summed E-state index contributed by atoms with van der Waals surface area (Å²) in [5, 5.41) is 18.3. The zero-order valence-electron chi connectivity index (χ0n) is 9.05. The summed E-state index contributed by atoms with van der Waals surface area (Å²) in [6.07, 6.45) is -0.251. The topological polar surface area (TPSA) is 79.6 Å². The summed E-state index contributed by atoms with van der Waals surface area (Å²) < 4.78 is 9.88. The molecule has 0 aromatic heterocycles. The molecule has 88 valence electrons. The third-order valence-electron chi connectivity index (χ3n) is 2.46. The van der Waals surface area contributed by atoms with Crippen molar-refractivity contribution in [3.63, 3.8) is 0 Å². The standard InChI is InChI=1S/C12H11NO4/c13-8-9-1-3-10(4-2-9)11(14)7-12(15)16-5-6-17-12/h1-4,15H,5-7H2. The summed E-state index contributed by atoms with van der Waals surface area (Å²) in [7, 11) is 0. The van der Waals surface area contributed by atoms with Crippen LogP contribution in [0.1, 0.15) is 22.3 Å². The number of ether oxygens (including phenoxy) is 2. The number of Topliss-reactive ketones (excluding diaryl/α,β-unsaturated/α-hetero) is 1. The average molecular weight is 233 g/mol. The van der Waals surface area contributed by atoms with Crippen LogP contribution in [0, 0.1) is 11.3 Å². The molecule has 1 aliphatic heterocycles. The Morgan fingerprint density at radius 1 is 1.35 bits per heavy atom. The Morgan fingerprint density at radius 3 is 2.47 bits per heavy atom. The number of ketones is 1. The van der Waals surface area contributed by atoms with Crippen LogP contribution in [0.5, 0.6) is 0 Å². The third kappa shape index (κ3) is 2.68. The number of hydrogen-bond acceptors (Lipinski definition) is 5. The van der Waals surface area contributed by atoms with Crippen molar-refractivity contribution in [3.05, 3.63) is 35.4 Å². The second kappa shape index (κ2) is 4.63. The molecule has 0 atom stereocenters. The van der Waals surface area contributed by atoms with Gasteiger partial charge in [-0.15, -0.1) is 0 Å². The largest absolute Gasteiger partial charge is 0.343 e. The molecular formula is C12H11NO4. The van der Waals surface area contributed by atoms with Crippen molar-refractivity contribution in [2.75, 3.05) is 13.2 Å². The zero-order valence-corrected chi connectivity index (χ0v) is 9.05. The van der Waals surface area contributed by atoms with E-state index in [1.54, 1.807) is 24.3 Å². The first kappa shape index (κ1) is 11.7. The van der Waals surface area contributed by atoms with Gasteiger partial charge < -0.3 is 14.6 Å². The Labute approximate surface area is 98.2 Å². The monoisotopic (exact) mass is 233 g/mol. The van der Waals surface area contributed by atoms with E-state index in [1.165, 1.54) is 0 Å². The van der Waals surface area contributed by atoms with E-state index in [9.17, 15) is 9.90 Å². The maximum atomic E-state index is 11.8. The molecule has 0 radical (unpaired) electrons. The Hall–Kier alpha value is -1.74. The smallest absolute Gasteiger partial charge is 0.288 e. The molecule has 5 heteroatoms.